The van der Waals surface area contributed by atoms with E-state index in [-0.39, 0.29) is 6.10 Å². The van der Waals surface area contributed by atoms with E-state index in [9.17, 15) is 0 Å². The minimum Gasteiger partial charge on any atom is -0.489 e. The number of rotatable bonds is 7. The van der Waals surface area contributed by atoms with Crippen LogP contribution in [-0.2, 0) is 0 Å². The molecule has 1 aromatic rings. The van der Waals surface area contributed by atoms with E-state index < -0.39 is 0 Å². The van der Waals surface area contributed by atoms with Crippen LogP contribution < -0.4 is 10.1 Å². The Labute approximate surface area is 98.2 Å². The Bertz CT molecular complexity index is 284. The molecule has 0 bridgehead atoms. The van der Waals surface area contributed by atoms with Gasteiger partial charge in [-0.3, -0.25) is 4.98 Å². The second-order valence-corrected chi connectivity index (χ2v) is 4.06. The number of pyridine rings is 1. The highest BCUT2D eigenvalue weighted by molar-refractivity contribution is 5.19. The van der Waals surface area contributed by atoms with Gasteiger partial charge in [0.15, 0.2) is 0 Å². The number of hydrogen-bond acceptors (Lipinski definition) is 3. The lowest BCUT2D eigenvalue weighted by Crippen LogP contribution is -2.18. The molecule has 0 saturated heterocycles. The Balaban J connectivity index is 2.23. The van der Waals surface area contributed by atoms with Crippen molar-refractivity contribution in [2.24, 2.45) is 0 Å². The number of ether oxygens (including phenoxy) is 1. The molecule has 0 aliphatic rings. The molecule has 90 valence electrons. The van der Waals surface area contributed by atoms with Crippen molar-refractivity contribution in [3.8, 4) is 5.75 Å². The lowest BCUT2D eigenvalue weighted by atomic mass is 10.2. The van der Waals surface area contributed by atoms with Crippen LogP contribution in [0.2, 0.25) is 0 Å². The third kappa shape index (κ3) is 5.12. The highest BCUT2D eigenvalue weighted by Gasteiger charge is 2.03. The number of aromatic nitrogens is 1. The fraction of sp³-hybridized carbons (Fsp3) is 0.615. The summed E-state index contributed by atoms with van der Waals surface area (Å²) >= 11 is 0. The maximum atomic E-state index is 5.76. The summed E-state index contributed by atoms with van der Waals surface area (Å²) in [5, 5.41) is 3.31. The molecule has 1 atom stereocenters. The predicted octanol–water partition coefficient (Wildman–Crippen LogP) is 2.55. The molecule has 0 aromatic carbocycles. The van der Waals surface area contributed by atoms with Gasteiger partial charge in [0.05, 0.1) is 12.3 Å². The Kier molecular flexibility index (Phi) is 5.86. The lowest BCUT2D eigenvalue weighted by Gasteiger charge is -2.14. The number of aryl methyl sites for hydroxylation is 1. The van der Waals surface area contributed by atoms with Gasteiger partial charge in [-0.25, -0.2) is 0 Å². The average molecular weight is 222 g/mol. The van der Waals surface area contributed by atoms with Gasteiger partial charge in [0.1, 0.15) is 5.75 Å². The van der Waals surface area contributed by atoms with Crippen molar-refractivity contribution in [3.63, 3.8) is 0 Å². The Hall–Kier alpha value is -1.09. The summed E-state index contributed by atoms with van der Waals surface area (Å²) in [4.78, 5) is 4.20. The Morgan fingerprint density at radius 1 is 1.44 bits per heavy atom. The van der Waals surface area contributed by atoms with Gasteiger partial charge in [-0.05, 0) is 51.9 Å². The van der Waals surface area contributed by atoms with Crippen LogP contribution in [0.1, 0.15) is 32.4 Å². The molecule has 1 rings (SSSR count). The fourth-order valence-electron chi connectivity index (χ4n) is 1.51. The van der Waals surface area contributed by atoms with Crippen LogP contribution in [0.3, 0.4) is 0 Å². The van der Waals surface area contributed by atoms with Crippen molar-refractivity contribution >= 4 is 0 Å². The predicted molar refractivity (Wildman–Crippen MR) is 66.8 cm³/mol. The largest absolute Gasteiger partial charge is 0.489 e. The monoisotopic (exact) mass is 222 g/mol. The molecule has 0 saturated carbocycles. The molecule has 16 heavy (non-hydrogen) atoms. The molecule has 1 N–H and O–H groups in total. The van der Waals surface area contributed by atoms with Gasteiger partial charge in [0.25, 0.3) is 0 Å². The van der Waals surface area contributed by atoms with Crippen LogP contribution in [0.5, 0.6) is 5.75 Å². The molecule has 3 nitrogen and oxygen atoms in total. The van der Waals surface area contributed by atoms with Crippen molar-refractivity contribution in [3.05, 3.63) is 24.0 Å². The summed E-state index contributed by atoms with van der Waals surface area (Å²) in [7, 11) is 0. The zero-order valence-corrected chi connectivity index (χ0v) is 10.5. The maximum absolute atomic E-state index is 5.76. The Morgan fingerprint density at radius 3 is 2.88 bits per heavy atom. The van der Waals surface area contributed by atoms with Crippen LogP contribution in [0.4, 0.5) is 0 Å². The molecular formula is C13H22N2O. The fourth-order valence-corrected chi connectivity index (χ4v) is 1.51. The topological polar surface area (TPSA) is 34.1 Å². The molecule has 0 fully saturated rings. The molecule has 1 heterocycles. The first kappa shape index (κ1) is 13.0. The molecule has 0 aliphatic carbocycles. The zero-order chi connectivity index (χ0) is 11.8. The SMILES string of the molecule is CCNCCCC(C)Oc1ccc(C)nc1. The van der Waals surface area contributed by atoms with Gasteiger partial charge in [0.2, 0.25) is 0 Å². The van der Waals surface area contributed by atoms with Gasteiger partial charge < -0.3 is 10.1 Å². The first-order valence-corrected chi connectivity index (χ1v) is 6.02. The molecule has 1 aromatic heterocycles. The molecule has 1 unspecified atom stereocenters. The van der Waals surface area contributed by atoms with E-state index in [1.165, 1.54) is 0 Å². The van der Waals surface area contributed by atoms with E-state index in [2.05, 4.69) is 24.1 Å². The van der Waals surface area contributed by atoms with E-state index in [1.54, 1.807) is 6.20 Å². The van der Waals surface area contributed by atoms with Crippen molar-refractivity contribution in [1.82, 2.24) is 10.3 Å². The molecular weight excluding hydrogens is 200 g/mol. The van der Waals surface area contributed by atoms with Crippen molar-refractivity contribution in [1.29, 1.82) is 0 Å². The molecule has 0 spiro atoms. The first-order valence-electron chi connectivity index (χ1n) is 6.02. The van der Waals surface area contributed by atoms with Gasteiger partial charge in [0, 0.05) is 5.69 Å². The van der Waals surface area contributed by atoms with Crippen molar-refractivity contribution < 1.29 is 4.74 Å². The molecule has 0 aliphatic heterocycles. The number of nitrogens with zero attached hydrogens (tertiary/aromatic N) is 1. The van der Waals surface area contributed by atoms with Gasteiger partial charge in [-0.2, -0.15) is 0 Å². The van der Waals surface area contributed by atoms with Crippen LogP contribution in [0.15, 0.2) is 18.3 Å². The average Bonchev–Trinajstić information content (AvgIpc) is 2.28. The minimum atomic E-state index is 0.253. The summed E-state index contributed by atoms with van der Waals surface area (Å²) in [6.45, 7) is 8.31. The highest BCUT2D eigenvalue weighted by Crippen LogP contribution is 2.12. The summed E-state index contributed by atoms with van der Waals surface area (Å²) in [6, 6.07) is 3.95. The van der Waals surface area contributed by atoms with Crippen LogP contribution >= 0.6 is 0 Å². The molecule has 0 amide bonds. The van der Waals surface area contributed by atoms with Gasteiger partial charge in [-0.15, -0.1) is 0 Å². The summed E-state index contributed by atoms with van der Waals surface area (Å²) in [5.41, 5.74) is 1.02. The van der Waals surface area contributed by atoms with E-state index >= 15 is 0 Å². The molecule has 3 heteroatoms. The maximum Gasteiger partial charge on any atom is 0.138 e. The number of hydrogen-bond donors (Lipinski definition) is 1. The first-order chi connectivity index (χ1) is 7.72. The smallest absolute Gasteiger partial charge is 0.138 e. The Morgan fingerprint density at radius 2 is 2.25 bits per heavy atom. The van der Waals surface area contributed by atoms with Gasteiger partial charge in [-0.1, -0.05) is 6.92 Å². The van der Waals surface area contributed by atoms with E-state index in [4.69, 9.17) is 4.74 Å². The molecule has 0 radical (unpaired) electrons. The van der Waals surface area contributed by atoms with E-state index in [0.717, 1.165) is 37.4 Å². The standard InChI is InChI=1S/C13H22N2O/c1-4-14-9-5-6-12(3)16-13-8-7-11(2)15-10-13/h7-8,10,12,14H,4-6,9H2,1-3H3. The van der Waals surface area contributed by atoms with Crippen LogP contribution in [-0.4, -0.2) is 24.2 Å². The van der Waals surface area contributed by atoms with E-state index in [1.807, 2.05) is 19.1 Å². The van der Waals surface area contributed by atoms with Crippen molar-refractivity contribution in [2.45, 2.75) is 39.7 Å². The normalized spacial score (nSPS) is 12.4. The van der Waals surface area contributed by atoms with Crippen LogP contribution in [0.25, 0.3) is 0 Å². The third-order valence-corrected chi connectivity index (χ3v) is 2.44. The third-order valence-electron chi connectivity index (χ3n) is 2.44. The summed E-state index contributed by atoms with van der Waals surface area (Å²) in [6.07, 6.45) is 4.26. The second kappa shape index (κ2) is 7.23. The van der Waals surface area contributed by atoms with Crippen LogP contribution in [0, 0.1) is 6.92 Å². The van der Waals surface area contributed by atoms with Gasteiger partial charge >= 0.3 is 0 Å². The second-order valence-electron chi connectivity index (χ2n) is 4.06. The summed E-state index contributed by atoms with van der Waals surface area (Å²) in [5.74, 6) is 0.863. The van der Waals surface area contributed by atoms with E-state index in [0.29, 0.717) is 0 Å². The zero-order valence-electron chi connectivity index (χ0n) is 10.5. The van der Waals surface area contributed by atoms with Crippen molar-refractivity contribution in [2.75, 3.05) is 13.1 Å². The number of nitrogens with one attached hydrogen (secondary N) is 1. The quantitative estimate of drug-likeness (QED) is 0.720. The lowest BCUT2D eigenvalue weighted by molar-refractivity contribution is 0.207. The highest BCUT2D eigenvalue weighted by atomic mass is 16.5. The summed E-state index contributed by atoms with van der Waals surface area (Å²) < 4.78 is 5.76. The minimum absolute atomic E-state index is 0.253.